The van der Waals surface area contributed by atoms with Gasteiger partial charge in [0.05, 0.1) is 11.3 Å². The van der Waals surface area contributed by atoms with Crippen molar-refractivity contribution < 1.29 is 9.72 Å². The van der Waals surface area contributed by atoms with Gasteiger partial charge >= 0.3 is 0 Å². The van der Waals surface area contributed by atoms with Gasteiger partial charge in [-0.15, -0.1) is 0 Å². The Hall–Kier alpha value is -2.40. The SMILES string of the molecule is O=C(Cc1ccc(Cl)cc1)NCCc1ccc([N+](=O)[O-])cc1. The summed E-state index contributed by atoms with van der Waals surface area (Å²) in [7, 11) is 0. The summed E-state index contributed by atoms with van der Waals surface area (Å²) in [5, 5.41) is 14.0. The predicted octanol–water partition coefficient (Wildman–Crippen LogP) is 3.15. The molecule has 0 saturated carbocycles. The topological polar surface area (TPSA) is 72.2 Å². The second kappa shape index (κ2) is 7.56. The molecule has 2 aromatic rings. The van der Waals surface area contributed by atoms with Crippen LogP contribution in [-0.4, -0.2) is 17.4 Å². The highest BCUT2D eigenvalue weighted by Gasteiger charge is 2.05. The molecule has 0 spiro atoms. The zero-order valence-corrected chi connectivity index (χ0v) is 12.5. The Morgan fingerprint density at radius 3 is 2.23 bits per heavy atom. The van der Waals surface area contributed by atoms with E-state index in [9.17, 15) is 14.9 Å². The van der Waals surface area contributed by atoms with Crippen LogP contribution in [0.25, 0.3) is 0 Å². The molecule has 0 aliphatic heterocycles. The van der Waals surface area contributed by atoms with Crippen LogP contribution in [-0.2, 0) is 17.6 Å². The van der Waals surface area contributed by atoms with Gasteiger partial charge in [-0.25, -0.2) is 0 Å². The standard InChI is InChI=1S/C16H15ClN2O3/c17-14-5-1-13(2-6-14)11-16(20)18-10-9-12-3-7-15(8-4-12)19(21)22/h1-8H,9-11H2,(H,18,20). The van der Waals surface area contributed by atoms with Crippen LogP contribution >= 0.6 is 11.6 Å². The van der Waals surface area contributed by atoms with Crippen molar-refractivity contribution in [3.05, 3.63) is 74.8 Å². The van der Waals surface area contributed by atoms with Crippen LogP contribution in [0.4, 0.5) is 5.69 Å². The lowest BCUT2D eigenvalue weighted by atomic mass is 10.1. The van der Waals surface area contributed by atoms with Crippen LogP contribution in [0, 0.1) is 10.1 Å². The second-order valence-electron chi connectivity index (χ2n) is 4.83. The number of nitrogens with one attached hydrogen (secondary N) is 1. The van der Waals surface area contributed by atoms with Gasteiger partial charge in [0.2, 0.25) is 5.91 Å². The van der Waals surface area contributed by atoms with Gasteiger partial charge in [-0.1, -0.05) is 35.9 Å². The summed E-state index contributed by atoms with van der Waals surface area (Å²) in [6.45, 7) is 0.490. The van der Waals surface area contributed by atoms with Gasteiger partial charge in [-0.2, -0.15) is 0 Å². The molecule has 114 valence electrons. The van der Waals surface area contributed by atoms with Crippen molar-refractivity contribution in [3.63, 3.8) is 0 Å². The van der Waals surface area contributed by atoms with E-state index >= 15 is 0 Å². The van der Waals surface area contributed by atoms with Crippen LogP contribution in [0.1, 0.15) is 11.1 Å². The number of halogens is 1. The molecule has 0 aliphatic rings. The Morgan fingerprint density at radius 1 is 1.05 bits per heavy atom. The van der Waals surface area contributed by atoms with Crippen molar-refractivity contribution in [2.24, 2.45) is 0 Å². The summed E-state index contributed by atoms with van der Waals surface area (Å²) in [5.41, 5.74) is 1.91. The van der Waals surface area contributed by atoms with Gasteiger partial charge in [0.25, 0.3) is 5.69 Å². The number of nitro groups is 1. The van der Waals surface area contributed by atoms with Crippen molar-refractivity contribution >= 4 is 23.2 Å². The molecule has 0 aromatic heterocycles. The lowest BCUT2D eigenvalue weighted by Crippen LogP contribution is -2.27. The summed E-state index contributed by atoms with van der Waals surface area (Å²) < 4.78 is 0. The van der Waals surface area contributed by atoms with E-state index in [2.05, 4.69) is 5.32 Å². The quantitative estimate of drug-likeness (QED) is 0.657. The van der Waals surface area contributed by atoms with Gasteiger partial charge in [0, 0.05) is 23.7 Å². The molecule has 0 atom stereocenters. The Labute approximate surface area is 133 Å². The molecular formula is C16H15ClN2O3. The molecule has 6 heteroatoms. The molecular weight excluding hydrogens is 304 g/mol. The Morgan fingerprint density at radius 2 is 1.64 bits per heavy atom. The number of amides is 1. The summed E-state index contributed by atoms with van der Waals surface area (Å²) in [5.74, 6) is -0.0655. The molecule has 1 N–H and O–H groups in total. The maximum absolute atomic E-state index is 11.8. The van der Waals surface area contributed by atoms with Crippen LogP contribution < -0.4 is 5.32 Å². The zero-order chi connectivity index (χ0) is 15.9. The largest absolute Gasteiger partial charge is 0.355 e. The van der Waals surface area contributed by atoms with Crippen LogP contribution in [0.3, 0.4) is 0 Å². The number of carbonyl (C=O) groups is 1. The van der Waals surface area contributed by atoms with Crippen molar-refractivity contribution in [2.75, 3.05) is 6.54 Å². The molecule has 0 heterocycles. The van der Waals surface area contributed by atoms with E-state index in [-0.39, 0.29) is 11.6 Å². The van der Waals surface area contributed by atoms with Gasteiger partial charge in [0.1, 0.15) is 0 Å². The summed E-state index contributed by atoms with van der Waals surface area (Å²) in [4.78, 5) is 21.9. The van der Waals surface area contributed by atoms with Gasteiger partial charge < -0.3 is 5.32 Å². The molecule has 0 fully saturated rings. The Balaban J connectivity index is 1.77. The molecule has 0 unspecified atom stereocenters. The monoisotopic (exact) mass is 318 g/mol. The number of benzene rings is 2. The normalized spacial score (nSPS) is 10.2. The minimum absolute atomic E-state index is 0.0653. The van der Waals surface area contributed by atoms with Crippen molar-refractivity contribution in [2.45, 2.75) is 12.8 Å². The molecule has 0 saturated heterocycles. The molecule has 2 rings (SSSR count). The highest BCUT2D eigenvalue weighted by molar-refractivity contribution is 6.30. The molecule has 22 heavy (non-hydrogen) atoms. The molecule has 0 bridgehead atoms. The van der Waals surface area contributed by atoms with Gasteiger partial charge in [0.15, 0.2) is 0 Å². The number of carbonyl (C=O) groups excluding carboxylic acids is 1. The average molecular weight is 319 g/mol. The summed E-state index contributed by atoms with van der Waals surface area (Å²) in [6, 6.07) is 13.5. The lowest BCUT2D eigenvalue weighted by Gasteiger charge is -2.06. The molecule has 1 amide bonds. The van der Waals surface area contributed by atoms with E-state index in [1.807, 2.05) is 12.1 Å². The first-order valence-electron chi connectivity index (χ1n) is 6.79. The number of nitrogens with zero attached hydrogens (tertiary/aromatic N) is 1. The van der Waals surface area contributed by atoms with E-state index in [0.717, 1.165) is 11.1 Å². The number of rotatable bonds is 6. The number of hydrogen-bond donors (Lipinski definition) is 1. The van der Waals surface area contributed by atoms with Crippen LogP contribution in [0.2, 0.25) is 5.02 Å². The maximum atomic E-state index is 11.8. The van der Waals surface area contributed by atoms with Crippen LogP contribution in [0.15, 0.2) is 48.5 Å². The molecule has 2 aromatic carbocycles. The average Bonchev–Trinajstić information content (AvgIpc) is 2.50. The fourth-order valence-electron chi connectivity index (χ4n) is 1.98. The fourth-order valence-corrected chi connectivity index (χ4v) is 2.11. The third-order valence-corrected chi connectivity index (χ3v) is 3.41. The molecule has 5 nitrogen and oxygen atoms in total. The highest BCUT2D eigenvalue weighted by Crippen LogP contribution is 2.12. The minimum atomic E-state index is -0.433. The maximum Gasteiger partial charge on any atom is 0.269 e. The van der Waals surface area contributed by atoms with E-state index < -0.39 is 4.92 Å². The minimum Gasteiger partial charge on any atom is -0.355 e. The molecule has 0 radical (unpaired) electrons. The Kier molecular flexibility index (Phi) is 5.49. The summed E-state index contributed by atoms with van der Waals surface area (Å²) >= 11 is 5.79. The first-order chi connectivity index (χ1) is 10.5. The first-order valence-corrected chi connectivity index (χ1v) is 7.17. The van der Waals surface area contributed by atoms with E-state index in [4.69, 9.17) is 11.6 Å². The fraction of sp³-hybridized carbons (Fsp3) is 0.188. The van der Waals surface area contributed by atoms with E-state index in [1.54, 1.807) is 24.3 Å². The van der Waals surface area contributed by atoms with E-state index in [0.29, 0.717) is 24.4 Å². The number of non-ortho nitro benzene ring substituents is 1. The first kappa shape index (κ1) is 16.0. The zero-order valence-electron chi connectivity index (χ0n) is 11.8. The van der Waals surface area contributed by atoms with Crippen molar-refractivity contribution in [1.82, 2.24) is 5.32 Å². The second-order valence-corrected chi connectivity index (χ2v) is 5.26. The van der Waals surface area contributed by atoms with Crippen LogP contribution in [0.5, 0.6) is 0 Å². The smallest absolute Gasteiger partial charge is 0.269 e. The van der Waals surface area contributed by atoms with Gasteiger partial charge in [-0.05, 0) is 29.7 Å². The van der Waals surface area contributed by atoms with Crippen molar-refractivity contribution in [1.29, 1.82) is 0 Å². The third-order valence-electron chi connectivity index (χ3n) is 3.16. The Bertz CT molecular complexity index is 654. The lowest BCUT2D eigenvalue weighted by molar-refractivity contribution is -0.384. The number of nitro benzene ring substituents is 1. The summed E-state index contributed by atoms with van der Waals surface area (Å²) in [6.07, 6.45) is 0.932. The van der Waals surface area contributed by atoms with Crippen molar-refractivity contribution in [3.8, 4) is 0 Å². The molecule has 0 aliphatic carbocycles. The predicted molar refractivity (Wildman–Crippen MR) is 85.0 cm³/mol. The van der Waals surface area contributed by atoms with E-state index in [1.165, 1.54) is 12.1 Å². The van der Waals surface area contributed by atoms with Gasteiger partial charge in [-0.3, -0.25) is 14.9 Å². The third kappa shape index (κ3) is 4.86. The number of hydrogen-bond acceptors (Lipinski definition) is 3. The highest BCUT2D eigenvalue weighted by atomic mass is 35.5.